The summed E-state index contributed by atoms with van der Waals surface area (Å²) in [5.74, 6) is -1.27. The Hall–Kier alpha value is -1.82. The van der Waals surface area contributed by atoms with Crippen LogP contribution in [0.1, 0.15) is 137 Å². The van der Waals surface area contributed by atoms with Gasteiger partial charge >= 0.3 is 10.2 Å². The molecule has 0 aromatic rings. The third-order valence-electron chi connectivity index (χ3n) is 16.9. The smallest absolute Gasteiger partial charge is 0.303 e. The molecule has 292 valence electrons. The molecule has 3 heterocycles. The highest BCUT2D eigenvalue weighted by Gasteiger charge is 2.85. The summed E-state index contributed by atoms with van der Waals surface area (Å²) in [4.78, 5) is 46.0. The molecular weight excluding hydrogens is 677 g/mol. The number of ether oxygens (including phenoxy) is 1. The highest BCUT2D eigenvalue weighted by atomic mass is 32.2. The molecule has 7 rings (SSSR count). The Morgan fingerprint density at radius 1 is 0.865 bits per heavy atom. The van der Waals surface area contributed by atoms with Crippen LogP contribution in [0.3, 0.4) is 0 Å². The van der Waals surface area contributed by atoms with E-state index in [0.29, 0.717) is 52.1 Å². The van der Waals surface area contributed by atoms with Crippen molar-refractivity contribution in [1.29, 1.82) is 0 Å². The van der Waals surface area contributed by atoms with Crippen molar-refractivity contribution in [3.63, 3.8) is 0 Å². The Morgan fingerprint density at radius 3 is 2.08 bits per heavy atom. The van der Waals surface area contributed by atoms with E-state index in [-0.39, 0.29) is 63.1 Å². The first-order valence-corrected chi connectivity index (χ1v) is 22.1. The SMILES string of the molecule is C=C[C@@H]1C[C@]1(CC(=O)[C@@H]1C[C@@]2(CN1C(=O)[C@@H](CC[C@@H](N)C1(C)CCCCC1)C1(C)CCOCC1)C(C)(C)C21CCC1)C(=O)NS(=O)(=O)N1CCCC1. The number of nitrogens with one attached hydrogen (secondary N) is 1. The number of ketones is 1. The third kappa shape index (κ3) is 5.96. The van der Waals surface area contributed by atoms with Gasteiger partial charge in [-0.1, -0.05) is 59.5 Å². The van der Waals surface area contributed by atoms with Crippen molar-refractivity contribution in [2.75, 3.05) is 32.8 Å². The summed E-state index contributed by atoms with van der Waals surface area (Å²) in [6.45, 7) is 15.7. The summed E-state index contributed by atoms with van der Waals surface area (Å²) in [7, 11) is -4.00. The van der Waals surface area contributed by atoms with E-state index in [1.807, 2.05) is 4.90 Å². The molecule has 0 aromatic carbocycles. The van der Waals surface area contributed by atoms with Crippen LogP contribution in [0, 0.1) is 44.3 Å². The van der Waals surface area contributed by atoms with E-state index >= 15 is 4.79 Å². The molecule has 11 heteroatoms. The molecule has 52 heavy (non-hydrogen) atoms. The average Bonchev–Trinajstić information content (AvgIpc) is 3.55. The Bertz CT molecular complexity index is 1540. The molecule has 4 aliphatic carbocycles. The summed E-state index contributed by atoms with van der Waals surface area (Å²) >= 11 is 0. The van der Waals surface area contributed by atoms with Crippen molar-refractivity contribution in [3.05, 3.63) is 12.7 Å². The van der Waals surface area contributed by atoms with Crippen LogP contribution in [0.5, 0.6) is 0 Å². The van der Waals surface area contributed by atoms with Crippen molar-refractivity contribution >= 4 is 27.8 Å². The molecule has 10 nitrogen and oxygen atoms in total. The number of nitrogens with zero attached hydrogens (tertiary/aromatic N) is 2. The van der Waals surface area contributed by atoms with Gasteiger partial charge in [0, 0.05) is 56.6 Å². The van der Waals surface area contributed by atoms with Gasteiger partial charge in [-0.3, -0.25) is 14.4 Å². The van der Waals surface area contributed by atoms with Crippen LogP contribution in [0.25, 0.3) is 0 Å². The van der Waals surface area contributed by atoms with Crippen LogP contribution in [-0.4, -0.2) is 80.2 Å². The largest absolute Gasteiger partial charge is 0.381 e. The summed E-state index contributed by atoms with van der Waals surface area (Å²) in [5, 5.41) is 0. The number of hydrogen-bond acceptors (Lipinski definition) is 7. The van der Waals surface area contributed by atoms with Gasteiger partial charge in [0.2, 0.25) is 11.8 Å². The summed E-state index contributed by atoms with van der Waals surface area (Å²) in [6, 6.07) is -0.636. The molecule has 6 atom stereocenters. The topological polar surface area (TPSA) is 139 Å². The molecule has 0 bridgehead atoms. The highest BCUT2D eigenvalue weighted by Crippen LogP contribution is 2.88. The second-order valence-electron chi connectivity index (χ2n) is 19.4. The number of rotatable bonds is 13. The van der Waals surface area contributed by atoms with Crippen LogP contribution in [0.15, 0.2) is 12.7 Å². The highest BCUT2D eigenvalue weighted by molar-refractivity contribution is 7.87. The second kappa shape index (κ2) is 13.4. The minimum absolute atomic E-state index is 0.00389. The number of Topliss-reactive ketones (excluding diaryl/α,β-unsaturated/α-hetero) is 1. The standard InChI is InChI=1S/C41H66N4O6S/c1-6-29-25-39(29,35(48)43-52(49,50)44-21-10-11-22-44)27-32(46)31-26-41(36(2,3)40(41)17-12-18-40)28-45(31)34(47)30(37(4)19-23-51-24-20-37)13-14-33(42)38(5)15-8-7-9-16-38/h6,29-31,33H,1,7-28,42H2,2-5H3,(H,43,48)/t29-,30-,31+,33-,39-,41-/m1/s1. The number of likely N-dealkylation sites (tertiary alicyclic amines) is 1. The maximum atomic E-state index is 15.4. The molecule has 7 aliphatic rings. The Labute approximate surface area is 313 Å². The lowest BCUT2D eigenvalue weighted by Gasteiger charge is -2.44. The second-order valence-corrected chi connectivity index (χ2v) is 21.1. The van der Waals surface area contributed by atoms with Gasteiger partial charge < -0.3 is 15.4 Å². The molecule has 3 N–H and O–H groups in total. The zero-order chi connectivity index (χ0) is 37.4. The van der Waals surface area contributed by atoms with Crippen molar-refractivity contribution in [3.8, 4) is 0 Å². The molecule has 0 radical (unpaired) electrons. The maximum Gasteiger partial charge on any atom is 0.303 e. The summed E-state index contributed by atoms with van der Waals surface area (Å²) < 4.78 is 35.8. The number of carbonyl (C=O) groups is 3. The minimum Gasteiger partial charge on any atom is -0.381 e. The van der Waals surface area contributed by atoms with Crippen LogP contribution in [0.4, 0.5) is 0 Å². The van der Waals surface area contributed by atoms with Crippen molar-refractivity contribution in [2.24, 2.45) is 50.1 Å². The molecule has 2 spiro atoms. The van der Waals surface area contributed by atoms with Crippen molar-refractivity contribution < 1.29 is 27.5 Å². The van der Waals surface area contributed by atoms with E-state index in [2.05, 4.69) is 39.0 Å². The number of hydrogen-bond donors (Lipinski definition) is 2. The number of nitrogens with two attached hydrogens (primary N) is 1. The van der Waals surface area contributed by atoms with Gasteiger partial charge in [-0.2, -0.15) is 12.7 Å². The lowest BCUT2D eigenvalue weighted by atomic mass is 9.65. The van der Waals surface area contributed by atoms with E-state index in [1.165, 1.54) is 30.0 Å². The number of amides is 2. The fraction of sp³-hybridized carbons (Fsp3) is 0.878. The predicted molar refractivity (Wildman–Crippen MR) is 201 cm³/mol. The maximum absolute atomic E-state index is 15.4. The van der Waals surface area contributed by atoms with E-state index in [1.54, 1.807) is 6.08 Å². The number of carbonyl (C=O) groups excluding carboxylic acids is 3. The van der Waals surface area contributed by atoms with Gasteiger partial charge in [-0.15, -0.1) is 6.58 Å². The molecule has 2 amide bonds. The van der Waals surface area contributed by atoms with E-state index in [9.17, 15) is 18.0 Å². The number of allylic oxidation sites excluding steroid dienone is 1. The summed E-state index contributed by atoms with van der Waals surface area (Å²) in [5.41, 5.74) is 5.64. The fourth-order valence-corrected chi connectivity index (χ4v) is 13.8. The van der Waals surface area contributed by atoms with Crippen LogP contribution in [0.2, 0.25) is 0 Å². The first kappa shape index (κ1) is 38.5. The first-order valence-electron chi connectivity index (χ1n) is 20.6. The van der Waals surface area contributed by atoms with Gasteiger partial charge in [0.15, 0.2) is 5.78 Å². The molecule has 4 saturated carbocycles. The van der Waals surface area contributed by atoms with Gasteiger partial charge in [-0.25, -0.2) is 4.72 Å². The zero-order valence-corrected chi connectivity index (χ0v) is 33.3. The molecule has 3 aliphatic heterocycles. The number of fused-ring (bicyclic) bond motifs is 1. The molecular formula is C41H66N4O6S. The Balaban J connectivity index is 1.16. The zero-order valence-electron chi connectivity index (χ0n) is 32.5. The van der Waals surface area contributed by atoms with Crippen molar-refractivity contribution in [2.45, 2.75) is 149 Å². The first-order chi connectivity index (χ1) is 24.5. The minimum atomic E-state index is -4.00. The van der Waals surface area contributed by atoms with Gasteiger partial charge in [0.05, 0.1) is 11.5 Å². The monoisotopic (exact) mass is 742 g/mol. The van der Waals surface area contributed by atoms with Crippen LogP contribution < -0.4 is 10.5 Å². The molecule has 3 saturated heterocycles. The average molecular weight is 743 g/mol. The molecule has 7 fully saturated rings. The van der Waals surface area contributed by atoms with E-state index in [0.717, 1.165) is 57.8 Å². The summed E-state index contributed by atoms with van der Waals surface area (Å²) in [6.07, 6.45) is 16.5. The lowest BCUT2D eigenvalue weighted by Crippen LogP contribution is -2.51. The third-order valence-corrected chi connectivity index (χ3v) is 18.4. The molecule has 0 aromatic heterocycles. The quantitative estimate of drug-likeness (QED) is 0.224. The Kier molecular flexibility index (Phi) is 9.94. The van der Waals surface area contributed by atoms with E-state index in [4.69, 9.17) is 10.5 Å². The normalized spacial score (nSPS) is 35.4. The van der Waals surface area contributed by atoms with Gasteiger partial charge in [0.25, 0.3) is 0 Å². The van der Waals surface area contributed by atoms with Gasteiger partial charge in [-0.05, 0) is 105 Å². The fourth-order valence-electron chi connectivity index (χ4n) is 12.5. The van der Waals surface area contributed by atoms with E-state index < -0.39 is 27.6 Å². The van der Waals surface area contributed by atoms with Crippen molar-refractivity contribution in [1.82, 2.24) is 13.9 Å². The van der Waals surface area contributed by atoms with Crippen LogP contribution in [-0.2, 0) is 29.3 Å². The lowest BCUT2D eigenvalue weighted by molar-refractivity contribution is -0.148. The van der Waals surface area contributed by atoms with Gasteiger partial charge in [0.1, 0.15) is 0 Å². The Morgan fingerprint density at radius 2 is 1.52 bits per heavy atom. The molecule has 0 unspecified atom stereocenters. The predicted octanol–water partition coefficient (Wildman–Crippen LogP) is 5.90. The van der Waals surface area contributed by atoms with Crippen LogP contribution >= 0.6 is 0 Å².